The Morgan fingerprint density at radius 1 is 0.389 bits per heavy atom. The first-order valence-electron chi connectivity index (χ1n) is 36.9. The molecule has 6 rings (SSSR count). The molecule has 11 atom stereocenters. The minimum Gasteiger partial charge on any atom is -0.463 e. The number of unbranched alkanes of at least 4 members (excludes halogenated alkanes) is 26. The molecule has 0 aliphatic carbocycles. The molecule has 0 radical (unpaired) electrons. The topological polar surface area (TPSA) is 153 Å². The molecule has 4 aromatic carbocycles. The molecule has 14 nitrogen and oxygen atoms in total. The van der Waals surface area contributed by atoms with Gasteiger partial charge in [0.2, 0.25) is 0 Å². The largest absolute Gasteiger partial charge is 0.463 e. The van der Waals surface area contributed by atoms with E-state index in [1.807, 2.05) is 121 Å². The van der Waals surface area contributed by atoms with Crippen molar-refractivity contribution in [3.63, 3.8) is 0 Å². The van der Waals surface area contributed by atoms with Crippen molar-refractivity contribution in [3.8, 4) is 0 Å². The van der Waals surface area contributed by atoms with Crippen molar-refractivity contribution in [1.29, 1.82) is 0 Å². The van der Waals surface area contributed by atoms with E-state index in [9.17, 15) is 14.4 Å². The molecule has 0 unspecified atom stereocenters. The van der Waals surface area contributed by atoms with E-state index >= 15 is 0 Å². The molecule has 2 aliphatic rings. The summed E-state index contributed by atoms with van der Waals surface area (Å²) in [5.41, 5.74) is 3.60. The summed E-state index contributed by atoms with van der Waals surface area (Å²) in [7, 11) is 0. The fourth-order valence-corrected chi connectivity index (χ4v) is 12.8. The van der Waals surface area contributed by atoms with Crippen LogP contribution in [0.25, 0.3) is 0 Å². The zero-order chi connectivity index (χ0) is 67.2. The van der Waals surface area contributed by atoms with Crippen LogP contribution < -0.4 is 0 Å². The predicted octanol–water partition coefficient (Wildman–Crippen LogP) is 18.9. The van der Waals surface area contributed by atoms with Gasteiger partial charge in [-0.05, 0) is 47.9 Å². The maximum Gasteiger partial charge on any atom is 0.303 e. The summed E-state index contributed by atoms with van der Waals surface area (Å²) in [6.07, 6.45) is 29.7. The number of rotatable bonds is 52. The van der Waals surface area contributed by atoms with Gasteiger partial charge in [0.25, 0.3) is 0 Å². The second kappa shape index (κ2) is 49.3. The second-order valence-electron chi connectivity index (χ2n) is 26.3. The van der Waals surface area contributed by atoms with Gasteiger partial charge >= 0.3 is 17.9 Å². The normalized spacial score (nSPS) is 21.6. The number of hydrogen-bond acceptors (Lipinski definition) is 14. The van der Waals surface area contributed by atoms with E-state index in [1.165, 1.54) is 168 Å². The number of carbonyl (C=O) groups excluding carboxylic acids is 3. The molecule has 0 aromatic heterocycles. The summed E-state index contributed by atoms with van der Waals surface area (Å²) in [5.74, 6) is -1.80. The van der Waals surface area contributed by atoms with Crippen molar-refractivity contribution in [2.75, 3.05) is 13.2 Å². The van der Waals surface area contributed by atoms with Gasteiger partial charge in [0, 0.05) is 20.8 Å². The van der Waals surface area contributed by atoms with Crippen LogP contribution in [0, 0.1) is 0 Å². The first-order chi connectivity index (χ1) is 46.6. The van der Waals surface area contributed by atoms with Gasteiger partial charge in [-0.2, -0.15) is 0 Å². The van der Waals surface area contributed by atoms with Gasteiger partial charge in [-0.15, -0.1) is 0 Å². The fraction of sp³-hybridized carbons (Fsp3) is 0.642. The second-order valence-corrected chi connectivity index (χ2v) is 26.3. The highest BCUT2D eigenvalue weighted by molar-refractivity contribution is 5.67. The smallest absolute Gasteiger partial charge is 0.303 e. The Labute approximate surface area is 571 Å². The Hall–Kier alpha value is -5.29. The lowest BCUT2D eigenvalue weighted by Gasteiger charge is -2.50. The molecular weight excluding hydrogens is 1200 g/mol. The predicted molar refractivity (Wildman–Crippen MR) is 375 cm³/mol. The molecule has 0 amide bonds. The number of carbonyl (C=O) groups is 3. The highest BCUT2D eigenvalue weighted by Crippen LogP contribution is 2.37. The van der Waals surface area contributed by atoms with E-state index in [0.717, 1.165) is 60.8 Å². The standard InChI is InChI=1S/C81H120O14/c1-6-8-10-12-14-16-18-20-22-24-26-28-30-32-46-56-71(57-47-33-31-29-27-25-23-21-19-17-15-13-11-9-7-2)92-81-79(91-66(5)84)77(90-65(4)83)75(72(93-81)62-85-58-67-48-38-34-39-49-67)95-80-78(89-61-70-54-44-37-45-55-70)76(88-60-69-52-42-36-43-53-69)74(73(94-80)63-86-64(3)82)87-59-68-50-40-35-41-51-68/h32,34-46,48-55,71-81H,6-31,33,47,56-63H2,1-5H3/b46-32+/t71-,72-,73-,74-,75+,76+,77+,78-,79-,80-,81-/m1/s1. The van der Waals surface area contributed by atoms with Crippen LogP contribution in [0.5, 0.6) is 0 Å². The van der Waals surface area contributed by atoms with Crippen LogP contribution in [0.2, 0.25) is 0 Å². The van der Waals surface area contributed by atoms with Gasteiger partial charge in [-0.1, -0.05) is 314 Å². The molecule has 0 bridgehead atoms. The number of benzene rings is 4. The average molecular weight is 1320 g/mol. The van der Waals surface area contributed by atoms with Crippen LogP contribution in [0.4, 0.5) is 0 Å². The van der Waals surface area contributed by atoms with Crippen molar-refractivity contribution in [3.05, 3.63) is 156 Å². The zero-order valence-corrected chi connectivity index (χ0v) is 58.7. The monoisotopic (exact) mass is 1320 g/mol. The van der Waals surface area contributed by atoms with E-state index in [2.05, 4.69) is 26.0 Å². The van der Waals surface area contributed by atoms with E-state index in [-0.39, 0.29) is 45.7 Å². The van der Waals surface area contributed by atoms with Crippen molar-refractivity contribution in [1.82, 2.24) is 0 Å². The van der Waals surface area contributed by atoms with Gasteiger partial charge in [0.15, 0.2) is 24.8 Å². The molecule has 2 saturated heterocycles. The Morgan fingerprint density at radius 2 is 0.779 bits per heavy atom. The molecule has 4 aromatic rings. The Bertz CT molecular complexity index is 2590. The van der Waals surface area contributed by atoms with E-state index in [0.29, 0.717) is 6.42 Å². The first kappa shape index (κ1) is 78.7. The summed E-state index contributed by atoms with van der Waals surface area (Å²) in [6.45, 7) is 8.87. The molecule has 528 valence electrons. The zero-order valence-electron chi connectivity index (χ0n) is 58.7. The Balaban J connectivity index is 1.28. The van der Waals surface area contributed by atoms with Crippen LogP contribution in [-0.2, 0) is 92.9 Å². The molecule has 2 aliphatic heterocycles. The molecule has 14 heteroatoms. The maximum absolute atomic E-state index is 13.7. The van der Waals surface area contributed by atoms with E-state index in [1.54, 1.807) is 0 Å². The number of hydrogen-bond donors (Lipinski definition) is 0. The first-order valence-corrected chi connectivity index (χ1v) is 36.9. The van der Waals surface area contributed by atoms with Gasteiger partial charge < -0.3 is 52.1 Å². The van der Waals surface area contributed by atoms with Crippen molar-refractivity contribution >= 4 is 17.9 Å². The van der Waals surface area contributed by atoms with Gasteiger partial charge in [-0.25, -0.2) is 0 Å². The lowest BCUT2D eigenvalue weighted by molar-refractivity contribution is -0.373. The van der Waals surface area contributed by atoms with Crippen molar-refractivity contribution in [2.45, 2.75) is 321 Å². The average Bonchev–Trinajstić information content (AvgIpc) is 0.779. The highest BCUT2D eigenvalue weighted by atomic mass is 16.8. The summed E-state index contributed by atoms with van der Waals surface area (Å²) < 4.78 is 74.3. The SMILES string of the molecule is CCCCCCCCCCCCCC/C=C/C[C@H](CCCCCCCCCCCCCCCCC)O[C@@H]1O[C@H](COCc2ccccc2)[C@H](O[C@H]2O[C@H](COC(C)=O)[C@@H](OCc3ccccc3)[C@H](OCc3ccccc3)[C@H]2OCc2ccccc2)[C@H](OC(C)=O)[C@H]1OC(C)=O. The quantitative estimate of drug-likeness (QED) is 0.0178. The molecule has 0 spiro atoms. The molecule has 0 N–H and O–H groups in total. The number of ether oxygens (including phenoxy) is 11. The van der Waals surface area contributed by atoms with E-state index in [4.69, 9.17) is 52.1 Å². The minimum atomic E-state index is -1.34. The lowest BCUT2D eigenvalue weighted by atomic mass is 9.95. The molecule has 95 heavy (non-hydrogen) atoms. The number of allylic oxidation sites excluding steroid dienone is 1. The lowest BCUT2D eigenvalue weighted by Crippen LogP contribution is -2.67. The highest BCUT2D eigenvalue weighted by Gasteiger charge is 2.56. The summed E-state index contributed by atoms with van der Waals surface area (Å²) in [5, 5.41) is 0. The van der Waals surface area contributed by atoms with Gasteiger partial charge in [0.05, 0.1) is 39.1 Å². The fourth-order valence-electron chi connectivity index (χ4n) is 12.8. The van der Waals surface area contributed by atoms with Gasteiger partial charge in [0.1, 0.15) is 43.2 Å². The third-order valence-corrected chi connectivity index (χ3v) is 18.0. The van der Waals surface area contributed by atoms with Crippen LogP contribution in [0.15, 0.2) is 133 Å². The van der Waals surface area contributed by atoms with Crippen LogP contribution in [-0.4, -0.2) is 98.6 Å². The summed E-state index contributed by atoms with van der Waals surface area (Å²) in [4.78, 5) is 40.0. The minimum absolute atomic E-state index is 0.0669. The Morgan fingerprint density at radius 3 is 1.23 bits per heavy atom. The van der Waals surface area contributed by atoms with Crippen molar-refractivity contribution < 1.29 is 66.5 Å². The summed E-state index contributed by atoms with van der Waals surface area (Å²) in [6, 6.07) is 39.1. The van der Waals surface area contributed by atoms with Crippen LogP contribution in [0.3, 0.4) is 0 Å². The van der Waals surface area contributed by atoms with Crippen LogP contribution >= 0.6 is 0 Å². The third-order valence-electron chi connectivity index (χ3n) is 18.0. The third kappa shape index (κ3) is 32.7. The van der Waals surface area contributed by atoms with Crippen molar-refractivity contribution in [2.24, 2.45) is 0 Å². The van der Waals surface area contributed by atoms with Gasteiger partial charge in [-0.3, -0.25) is 14.4 Å². The summed E-state index contributed by atoms with van der Waals surface area (Å²) >= 11 is 0. The molecule has 2 heterocycles. The Kier molecular flexibility index (Phi) is 40.8. The number of esters is 3. The van der Waals surface area contributed by atoms with Crippen LogP contribution in [0.1, 0.15) is 249 Å². The maximum atomic E-state index is 13.7. The molecular formula is C81H120O14. The molecule has 0 saturated carbocycles. The van der Waals surface area contributed by atoms with E-state index < -0.39 is 79.3 Å². The molecule has 2 fully saturated rings.